The van der Waals surface area contributed by atoms with Crippen LogP contribution in [0, 0.1) is 5.82 Å². The largest absolute Gasteiger partial charge is 0.283 e. The summed E-state index contributed by atoms with van der Waals surface area (Å²) in [6.45, 7) is 0.612. The van der Waals surface area contributed by atoms with E-state index in [4.69, 9.17) is 0 Å². The molecule has 2 aromatic rings. The first-order chi connectivity index (χ1) is 12.1. The summed E-state index contributed by atoms with van der Waals surface area (Å²) in [6, 6.07) is 10.8. The second-order valence-corrected chi connectivity index (χ2v) is 9.99. The zero-order chi connectivity index (χ0) is 18.9. The molecule has 3 rings (SSSR count). The van der Waals surface area contributed by atoms with Crippen LogP contribution in [0.15, 0.2) is 42.5 Å². The Balaban J connectivity index is 1.80. The lowest BCUT2D eigenvalue weighted by Crippen LogP contribution is -2.35. The Labute approximate surface area is 152 Å². The highest BCUT2D eigenvalue weighted by atomic mass is 32.2. The third-order valence-corrected chi connectivity index (χ3v) is 6.72. The molecule has 0 atom stereocenters. The molecule has 0 bridgehead atoms. The molecular weight excluding hydrogens is 379 g/mol. The molecule has 0 aromatic heterocycles. The van der Waals surface area contributed by atoms with E-state index in [1.807, 2.05) is 0 Å². The molecule has 0 radical (unpaired) electrons. The molecule has 0 fully saturated rings. The molecule has 9 heteroatoms. The fraction of sp³-hybridized carbons (Fsp3) is 0.294. The van der Waals surface area contributed by atoms with Gasteiger partial charge in [-0.2, -0.15) is 4.31 Å². The van der Waals surface area contributed by atoms with Crippen LogP contribution in [-0.2, 0) is 38.8 Å². The van der Waals surface area contributed by atoms with Crippen LogP contribution >= 0.6 is 0 Å². The van der Waals surface area contributed by atoms with E-state index in [0.29, 0.717) is 18.7 Å². The molecule has 0 amide bonds. The summed E-state index contributed by atoms with van der Waals surface area (Å²) in [5.41, 5.74) is 2.16. The fourth-order valence-electron chi connectivity index (χ4n) is 2.91. The van der Waals surface area contributed by atoms with Gasteiger partial charge >= 0.3 is 0 Å². The van der Waals surface area contributed by atoms with Crippen LogP contribution < -0.4 is 4.72 Å². The minimum atomic E-state index is -3.80. The van der Waals surface area contributed by atoms with E-state index >= 15 is 0 Å². The maximum absolute atomic E-state index is 13.7. The van der Waals surface area contributed by atoms with Gasteiger partial charge in [0.05, 0.1) is 12.0 Å². The molecule has 6 nitrogen and oxygen atoms in total. The monoisotopic (exact) mass is 398 g/mol. The highest BCUT2D eigenvalue weighted by Gasteiger charge is 2.23. The summed E-state index contributed by atoms with van der Waals surface area (Å²) < 4.78 is 65.6. The van der Waals surface area contributed by atoms with Crippen molar-refractivity contribution in [3.05, 3.63) is 65.0 Å². The number of hydrogen-bond acceptors (Lipinski definition) is 4. The van der Waals surface area contributed by atoms with Gasteiger partial charge in [-0.15, -0.1) is 0 Å². The lowest BCUT2D eigenvalue weighted by atomic mass is 10.0. The number of fused-ring (bicyclic) bond motifs is 1. The first kappa shape index (κ1) is 18.8. The van der Waals surface area contributed by atoms with Crippen molar-refractivity contribution in [3.63, 3.8) is 0 Å². The zero-order valence-corrected chi connectivity index (χ0v) is 15.8. The summed E-state index contributed by atoms with van der Waals surface area (Å²) in [4.78, 5) is 0. The summed E-state index contributed by atoms with van der Waals surface area (Å²) in [5.74, 6) is -1.06. The summed E-state index contributed by atoms with van der Waals surface area (Å²) in [6.07, 6.45) is 1.73. The van der Waals surface area contributed by atoms with Gasteiger partial charge in [0, 0.05) is 24.3 Å². The molecule has 2 aromatic carbocycles. The van der Waals surface area contributed by atoms with Crippen LogP contribution in [0.3, 0.4) is 0 Å². The highest BCUT2D eigenvalue weighted by molar-refractivity contribution is 7.91. The lowest BCUT2D eigenvalue weighted by Gasteiger charge is -2.27. The number of rotatable bonds is 5. The Bertz CT molecular complexity index is 1040. The topological polar surface area (TPSA) is 83.6 Å². The maximum Gasteiger partial charge on any atom is 0.237 e. The second-order valence-electron chi connectivity index (χ2n) is 6.28. The van der Waals surface area contributed by atoms with Crippen LogP contribution in [0.5, 0.6) is 0 Å². The number of anilines is 1. The minimum Gasteiger partial charge on any atom is -0.283 e. The Kier molecular flexibility index (Phi) is 5.05. The quantitative estimate of drug-likeness (QED) is 0.836. The molecule has 1 N–H and O–H groups in total. The number of benzene rings is 2. The molecule has 0 spiro atoms. The molecule has 140 valence electrons. The predicted molar refractivity (Wildman–Crippen MR) is 98.0 cm³/mol. The molecule has 1 heterocycles. The molecule has 1 aliphatic heterocycles. The van der Waals surface area contributed by atoms with Crippen molar-refractivity contribution in [2.75, 3.05) is 17.5 Å². The average Bonchev–Trinajstić information content (AvgIpc) is 2.55. The molecule has 0 aliphatic carbocycles. The average molecular weight is 398 g/mol. The van der Waals surface area contributed by atoms with Crippen LogP contribution in [0.4, 0.5) is 10.1 Å². The first-order valence-corrected chi connectivity index (χ1v) is 11.4. The first-order valence-electron chi connectivity index (χ1n) is 7.95. The molecule has 26 heavy (non-hydrogen) atoms. The summed E-state index contributed by atoms with van der Waals surface area (Å²) in [7, 11) is -7.11. The van der Waals surface area contributed by atoms with E-state index in [1.165, 1.54) is 22.5 Å². The van der Waals surface area contributed by atoms with Gasteiger partial charge in [-0.25, -0.2) is 21.2 Å². The fourth-order valence-corrected chi connectivity index (χ4v) is 4.91. The van der Waals surface area contributed by atoms with E-state index in [9.17, 15) is 21.2 Å². The zero-order valence-electron chi connectivity index (χ0n) is 14.1. The molecule has 0 unspecified atom stereocenters. The van der Waals surface area contributed by atoms with Crippen LogP contribution in [-0.4, -0.2) is 33.9 Å². The Morgan fingerprint density at radius 2 is 1.81 bits per heavy atom. The van der Waals surface area contributed by atoms with E-state index in [2.05, 4.69) is 4.72 Å². The van der Waals surface area contributed by atoms with Crippen LogP contribution in [0.1, 0.15) is 16.7 Å². The second kappa shape index (κ2) is 6.98. The van der Waals surface area contributed by atoms with Crippen LogP contribution in [0.2, 0.25) is 0 Å². The van der Waals surface area contributed by atoms with E-state index in [0.717, 1.165) is 17.4 Å². The smallest absolute Gasteiger partial charge is 0.237 e. The Morgan fingerprint density at radius 3 is 2.50 bits per heavy atom. The SMILES string of the molecule is CS(=O)(=O)N1CCc2ccc(NS(=O)(=O)Cc3ccccc3F)cc2C1. The van der Waals surface area contributed by atoms with Gasteiger partial charge in [-0.1, -0.05) is 24.3 Å². The van der Waals surface area contributed by atoms with Gasteiger partial charge in [-0.05, 0) is 35.7 Å². The van der Waals surface area contributed by atoms with Crippen molar-refractivity contribution in [1.29, 1.82) is 0 Å². The van der Waals surface area contributed by atoms with Gasteiger partial charge in [0.25, 0.3) is 0 Å². The molecule has 1 aliphatic rings. The third kappa shape index (κ3) is 4.40. The number of hydrogen-bond donors (Lipinski definition) is 1. The van der Waals surface area contributed by atoms with Crippen molar-refractivity contribution >= 4 is 25.7 Å². The van der Waals surface area contributed by atoms with Gasteiger partial charge in [0.1, 0.15) is 5.82 Å². The number of nitrogens with one attached hydrogen (secondary N) is 1. The Morgan fingerprint density at radius 1 is 1.08 bits per heavy atom. The standard InChI is InChI=1S/C17H19FN2O4S2/c1-25(21,22)20-9-8-13-6-7-16(10-15(13)11-20)19-26(23,24)12-14-4-2-3-5-17(14)18/h2-7,10,19H,8-9,11-12H2,1H3. The molecule has 0 saturated carbocycles. The normalized spacial score (nSPS) is 15.5. The van der Waals surface area contributed by atoms with Crippen molar-refractivity contribution in [1.82, 2.24) is 4.31 Å². The van der Waals surface area contributed by atoms with Crippen molar-refractivity contribution in [2.24, 2.45) is 0 Å². The number of sulfonamides is 2. The lowest BCUT2D eigenvalue weighted by molar-refractivity contribution is 0.395. The van der Waals surface area contributed by atoms with Gasteiger partial charge in [0.15, 0.2) is 0 Å². The van der Waals surface area contributed by atoms with Crippen LogP contribution in [0.25, 0.3) is 0 Å². The number of nitrogens with zero attached hydrogens (tertiary/aromatic N) is 1. The van der Waals surface area contributed by atoms with Crippen molar-refractivity contribution < 1.29 is 21.2 Å². The summed E-state index contributed by atoms with van der Waals surface area (Å²) in [5, 5.41) is 0. The van der Waals surface area contributed by atoms with Gasteiger partial charge in [-0.3, -0.25) is 4.72 Å². The molecular formula is C17H19FN2O4S2. The van der Waals surface area contributed by atoms with Crippen molar-refractivity contribution in [3.8, 4) is 0 Å². The Hall–Kier alpha value is -1.97. The highest BCUT2D eigenvalue weighted by Crippen LogP contribution is 2.25. The third-order valence-electron chi connectivity index (χ3n) is 4.23. The summed E-state index contributed by atoms with van der Waals surface area (Å²) >= 11 is 0. The van der Waals surface area contributed by atoms with E-state index in [1.54, 1.807) is 24.3 Å². The maximum atomic E-state index is 13.7. The van der Waals surface area contributed by atoms with E-state index < -0.39 is 31.6 Å². The van der Waals surface area contributed by atoms with E-state index in [-0.39, 0.29) is 12.1 Å². The predicted octanol–water partition coefficient (Wildman–Crippen LogP) is 2.09. The minimum absolute atomic E-state index is 0.0845. The molecule has 0 saturated heterocycles. The van der Waals surface area contributed by atoms with Crippen molar-refractivity contribution in [2.45, 2.75) is 18.7 Å². The van der Waals surface area contributed by atoms with Gasteiger partial charge < -0.3 is 0 Å². The van der Waals surface area contributed by atoms with Gasteiger partial charge in [0.2, 0.25) is 20.0 Å². The number of halogens is 1.